The Morgan fingerprint density at radius 3 is 2.53 bits per heavy atom. The number of benzene rings is 1. The highest BCUT2D eigenvalue weighted by Gasteiger charge is 2.13. The molecule has 0 unspecified atom stereocenters. The Morgan fingerprint density at radius 2 is 2.00 bits per heavy atom. The molecule has 0 spiro atoms. The molecule has 1 aromatic carbocycles. The van der Waals surface area contributed by atoms with Crippen molar-refractivity contribution >= 4 is 17.5 Å². The number of hydrogen-bond acceptors (Lipinski definition) is 3. The van der Waals surface area contributed by atoms with Crippen LogP contribution in [-0.4, -0.2) is 19.1 Å². The van der Waals surface area contributed by atoms with Gasteiger partial charge in [0.15, 0.2) is 6.10 Å². The van der Waals surface area contributed by atoms with E-state index in [-0.39, 0.29) is 5.91 Å². The largest absolute Gasteiger partial charge is 0.481 e. The lowest BCUT2D eigenvalue weighted by molar-refractivity contribution is -0.137. The van der Waals surface area contributed by atoms with Crippen LogP contribution in [-0.2, 0) is 9.63 Å². The minimum Gasteiger partial charge on any atom is -0.481 e. The van der Waals surface area contributed by atoms with E-state index in [4.69, 9.17) is 16.3 Å². The van der Waals surface area contributed by atoms with Crippen molar-refractivity contribution in [3.8, 4) is 5.75 Å². The van der Waals surface area contributed by atoms with E-state index in [0.717, 1.165) is 0 Å². The maximum atomic E-state index is 11.2. The van der Waals surface area contributed by atoms with Crippen molar-refractivity contribution in [3.63, 3.8) is 0 Å². The van der Waals surface area contributed by atoms with Gasteiger partial charge in [0.2, 0.25) is 0 Å². The van der Waals surface area contributed by atoms with Crippen LogP contribution < -0.4 is 10.2 Å². The van der Waals surface area contributed by atoms with E-state index in [9.17, 15) is 4.79 Å². The standard InChI is InChI=1S/C10H12ClNO3/c1-7(10(13)12-14-2)15-9-5-3-8(11)4-6-9/h3-7H,1-2H3,(H,12,13)/t7-/m0/s1. The number of hydrogen-bond donors (Lipinski definition) is 1. The van der Waals surface area contributed by atoms with E-state index >= 15 is 0 Å². The van der Waals surface area contributed by atoms with Crippen LogP contribution in [0.4, 0.5) is 0 Å². The molecule has 0 fully saturated rings. The molecule has 0 saturated carbocycles. The van der Waals surface area contributed by atoms with Gasteiger partial charge in [0.05, 0.1) is 7.11 Å². The van der Waals surface area contributed by atoms with E-state index in [1.807, 2.05) is 0 Å². The average Bonchev–Trinajstić information content (AvgIpc) is 2.22. The predicted molar refractivity (Wildman–Crippen MR) is 56.7 cm³/mol. The van der Waals surface area contributed by atoms with E-state index in [1.54, 1.807) is 31.2 Å². The van der Waals surface area contributed by atoms with Crippen molar-refractivity contribution in [1.82, 2.24) is 5.48 Å². The van der Waals surface area contributed by atoms with Crippen molar-refractivity contribution in [2.75, 3.05) is 7.11 Å². The number of ether oxygens (including phenoxy) is 1. The Morgan fingerprint density at radius 1 is 1.40 bits per heavy atom. The minimum atomic E-state index is -0.619. The molecule has 0 aromatic heterocycles. The molecule has 1 amide bonds. The summed E-state index contributed by atoms with van der Waals surface area (Å²) in [6, 6.07) is 6.77. The third-order valence-electron chi connectivity index (χ3n) is 1.70. The van der Waals surface area contributed by atoms with Gasteiger partial charge in [-0.25, -0.2) is 5.48 Å². The van der Waals surface area contributed by atoms with Gasteiger partial charge in [0.1, 0.15) is 5.75 Å². The Balaban J connectivity index is 2.54. The fourth-order valence-electron chi connectivity index (χ4n) is 0.954. The summed E-state index contributed by atoms with van der Waals surface area (Å²) >= 11 is 5.71. The Hall–Kier alpha value is -1.26. The molecule has 15 heavy (non-hydrogen) atoms. The summed E-state index contributed by atoms with van der Waals surface area (Å²) in [7, 11) is 1.37. The normalized spacial score (nSPS) is 11.9. The molecule has 5 heteroatoms. The van der Waals surface area contributed by atoms with E-state index < -0.39 is 6.10 Å². The quantitative estimate of drug-likeness (QED) is 0.801. The maximum Gasteiger partial charge on any atom is 0.284 e. The summed E-state index contributed by atoms with van der Waals surface area (Å²) in [5.41, 5.74) is 2.19. The van der Waals surface area contributed by atoms with E-state index in [1.165, 1.54) is 7.11 Å². The van der Waals surface area contributed by atoms with Crippen LogP contribution in [0.1, 0.15) is 6.92 Å². The molecule has 1 atom stereocenters. The monoisotopic (exact) mass is 229 g/mol. The first-order chi connectivity index (χ1) is 7.13. The second-order valence-electron chi connectivity index (χ2n) is 2.88. The highest BCUT2D eigenvalue weighted by Crippen LogP contribution is 2.16. The third kappa shape index (κ3) is 3.77. The summed E-state index contributed by atoms with van der Waals surface area (Å²) in [5.74, 6) is 0.241. The zero-order valence-electron chi connectivity index (χ0n) is 8.49. The summed E-state index contributed by atoms with van der Waals surface area (Å²) in [6.07, 6.45) is -0.619. The Kier molecular flexibility index (Phi) is 4.39. The van der Waals surface area contributed by atoms with Crippen LogP contribution >= 0.6 is 11.6 Å². The Labute approximate surface area is 93.1 Å². The van der Waals surface area contributed by atoms with Gasteiger partial charge in [-0.2, -0.15) is 0 Å². The lowest BCUT2D eigenvalue weighted by Crippen LogP contribution is -2.35. The van der Waals surface area contributed by atoms with Gasteiger partial charge in [0, 0.05) is 5.02 Å². The number of carbonyl (C=O) groups is 1. The molecule has 1 aromatic rings. The van der Waals surface area contributed by atoms with Crippen molar-refractivity contribution in [2.45, 2.75) is 13.0 Å². The van der Waals surface area contributed by atoms with Gasteiger partial charge in [0.25, 0.3) is 5.91 Å². The number of amides is 1. The smallest absolute Gasteiger partial charge is 0.284 e. The fraction of sp³-hybridized carbons (Fsp3) is 0.300. The highest BCUT2D eigenvalue weighted by molar-refractivity contribution is 6.30. The third-order valence-corrected chi connectivity index (χ3v) is 1.95. The number of halogens is 1. The first kappa shape index (κ1) is 11.8. The number of nitrogens with one attached hydrogen (secondary N) is 1. The molecular weight excluding hydrogens is 218 g/mol. The molecule has 1 N–H and O–H groups in total. The van der Waals surface area contributed by atoms with Crippen LogP contribution in [0.3, 0.4) is 0 Å². The number of hydroxylamine groups is 1. The summed E-state index contributed by atoms with van der Waals surface area (Å²) < 4.78 is 5.33. The first-order valence-electron chi connectivity index (χ1n) is 4.38. The van der Waals surface area contributed by atoms with Crippen molar-refractivity contribution in [2.24, 2.45) is 0 Å². The topological polar surface area (TPSA) is 47.6 Å². The van der Waals surface area contributed by atoms with Gasteiger partial charge >= 0.3 is 0 Å². The molecule has 82 valence electrons. The van der Waals surface area contributed by atoms with E-state index in [0.29, 0.717) is 10.8 Å². The van der Waals surface area contributed by atoms with Crippen LogP contribution in [0.5, 0.6) is 5.75 Å². The maximum absolute atomic E-state index is 11.2. The number of rotatable bonds is 4. The van der Waals surface area contributed by atoms with Gasteiger partial charge in [-0.15, -0.1) is 0 Å². The predicted octanol–water partition coefficient (Wildman–Crippen LogP) is 1.78. The first-order valence-corrected chi connectivity index (χ1v) is 4.76. The summed E-state index contributed by atoms with van der Waals surface area (Å²) in [4.78, 5) is 15.7. The Bertz CT molecular complexity index is 326. The molecule has 4 nitrogen and oxygen atoms in total. The fourth-order valence-corrected chi connectivity index (χ4v) is 1.08. The van der Waals surface area contributed by atoms with Crippen LogP contribution in [0.15, 0.2) is 24.3 Å². The summed E-state index contributed by atoms with van der Waals surface area (Å²) in [6.45, 7) is 1.63. The molecule has 1 rings (SSSR count). The second kappa shape index (κ2) is 5.58. The molecule has 0 radical (unpaired) electrons. The van der Waals surface area contributed by atoms with Crippen LogP contribution in [0.25, 0.3) is 0 Å². The molecule has 0 aliphatic rings. The zero-order chi connectivity index (χ0) is 11.3. The molecule has 0 saturated heterocycles. The average molecular weight is 230 g/mol. The van der Waals surface area contributed by atoms with Gasteiger partial charge in [-0.1, -0.05) is 11.6 Å². The minimum absolute atomic E-state index is 0.340. The second-order valence-corrected chi connectivity index (χ2v) is 3.32. The number of carbonyl (C=O) groups excluding carboxylic acids is 1. The summed E-state index contributed by atoms with van der Waals surface area (Å²) in [5, 5.41) is 0.622. The molecule has 0 aliphatic heterocycles. The highest BCUT2D eigenvalue weighted by atomic mass is 35.5. The SMILES string of the molecule is CONC(=O)[C@H](C)Oc1ccc(Cl)cc1. The van der Waals surface area contributed by atoms with Gasteiger partial charge < -0.3 is 4.74 Å². The molecule has 0 bridgehead atoms. The lowest BCUT2D eigenvalue weighted by Gasteiger charge is -2.13. The lowest BCUT2D eigenvalue weighted by atomic mass is 10.3. The van der Waals surface area contributed by atoms with Crippen molar-refractivity contribution in [1.29, 1.82) is 0 Å². The molecular formula is C10H12ClNO3. The molecule has 0 heterocycles. The van der Waals surface area contributed by atoms with E-state index in [2.05, 4.69) is 10.3 Å². The van der Waals surface area contributed by atoms with Crippen molar-refractivity contribution in [3.05, 3.63) is 29.3 Å². The van der Waals surface area contributed by atoms with Gasteiger partial charge in [-0.3, -0.25) is 9.63 Å². The van der Waals surface area contributed by atoms with Crippen molar-refractivity contribution < 1.29 is 14.4 Å². The molecule has 0 aliphatic carbocycles. The van der Waals surface area contributed by atoms with Gasteiger partial charge in [-0.05, 0) is 31.2 Å². The van der Waals surface area contributed by atoms with Crippen LogP contribution in [0, 0.1) is 0 Å². The van der Waals surface area contributed by atoms with Crippen LogP contribution in [0.2, 0.25) is 5.02 Å². The zero-order valence-corrected chi connectivity index (χ0v) is 9.25.